The zero-order valence-corrected chi connectivity index (χ0v) is 28.2. The minimum Gasteiger partial charge on any atom is -0.392 e. The minimum absolute atomic E-state index is 0.139. The first-order valence-corrected chi connectivity index (χ1v) is 19.5. The Morgan fingerprint density at radius 3 is 1.43 bits per heavy atom. The summed E-state index contributed by atoms with van der Waals surface area (Å²) in [5, 5.41) is 9.10. The van der Waals surface area contributed by atoms with Crippen LogP contribution in [0.4, 0.5) is 0 Å². The molecular weight excluding hydrogens is 695 g/mol. The highest BCUT2D eigenvalue weighted by Gasteiger charge is 2.16. The van der Waals surface area contributed by atoms with E-state index >= 15 is 0 Å². The van der Waals surface area contributed by atoms with Gasteiger partial charge < -0.3 is 14.2 Å². The minimum atomic E-state index is -3.43. The van der Waals surface area contributed by atoms with Gasteiger partial charge in [-0.1, -0.05) is 36.4 Å². The molecule has 2 heterocycles. The van der Waals surface area contributed by atoms with Gasteiger partial charge in [0.25, 0.3) is 11.1 Å². The molecule has 4 aromatic rings. The third kappa shape index (κ3) is 12.0. The molecule has 0 radical (unpaired) electrons. The van der Waals surface area contributed by atoms with Crippen molar-refractivity contribution in [3.8, 4) is 0 Å². The number of hydrogen-bond acceptors (Lipinski definition) is 8. The number of aromatic nitrogens is 2. The molecule has 2 aromatic heterocycles. The zero-order chi connectivity index (χ0) is 33.1. The van der Waals surface area contributed by atoms with Crippen molar-refractivity contribution in [2.75, 3.05) is 12.5 Å². The summed E-state index contributed by atoms with van der Waals surface area (Å²) < 4.78 is 59.4. The fourth-order valence-corrected chi connectivity index (χ4v) is 6.00. The van der Waals surface area contributed by atoms with Crippen molar-refractivity contribution in [1.82, 2.24) is 9.13 Å². The molecule has 0 amide bonds. The summed E-state index contributed by atoms with van der Waals surface area (Å²) in [5.41, 5.74) is 1.99. The molecule has 0 unspecified atom stereocenters. The molecule has 10 nitrogen and oxygen atoms in total. The Hall–Kier alpha value is -2.78. The van der Waals surface area contributed by atoms with Crippen LogP contribution in [0.25, 0.3) is 0 Å². The van der Waals surface area contributed by atoms with Crippen molar-refractivity contribution in [2.24, 2.45) is 0 Å². The predicted octanol–water partition coefficient (Wildman–Crippen LogP) is 3.87. The van der Waals surface area contributed by atoms with E-state index in [0.29, 0.717) is 16.7 Å². The van der Waals surface area contributed by atoms with Crippen LogP contribution < -0.4 is 11.1 Å². The molecule has 1 N–H and O–H groups in total. The smallest absolute Gasteiger partial charge is 0.250 e. The van der Waals surface area contributed by atoms with Crippen LogP contribution in [0.1, 0.15) is 22.3 Å². The molecule has 0 atom stereocenters. The third-order valence-electron chi connectivity index (χ3n) is 5.88. The van der Waals surface area contributed by atoms with Crippen LogP contribution in [-0.2, 0) is 54.5 Å². The Morgan fingerprint density at radius 2 is 1.09 bits per heavy atom. The first-order valence-electron chi connectivity index (χ1n) is 12.4. The molecule has 44 heavy (non-hydrogen) atoms. The Morgan fingerprint density at radius 1 is 0.705 bits per heavy atom. The molecule has 238 valence electrons. The number of alkyl halides is 1. The molecule has 0 saturated heterocycles. The first kappa shape index (κ1) is 37.4. The maximum Gasteiger partial charge on any atom is 0.250 e. The highest BCUT2D eigenvalue weighted by molar-refractivity contribution is 8.26. The highest BCUT2D eigenvalue weighted by atomic mass is 36.0. The normalized spacial score (nSPS) is 11.2. The molecule has 0 aliphatic carbocycles. The van der Waals surface area contributed by atoms with E-state index in [9.17, 15) is 26.4 Å². The van der Waals surface area contributed by atoms with E-state index in [1.54, 1.807) is 67.0 Å². The second kappa shape index (κ2) is 17.1. The fraction of sp³-hybridized carbons (Fsp3) is 0.214. The summed E-state index contributed by atoms with van der Waals surface area (Å²) in [5.74, 6) is 0.244. The van der Waals surface area contributed by atoms with Gasteiger partial charge in [0.2, 0.25) is 9.23 Å². The molecule has 0 aliphatic rings. The molecule has 0 bridgehead atoms. The van der Waals surface area contributed by atoms with Gasteiger partial charge in [-0.2, -0.15) is 0 Å². The van der Waals surface area contributed by atoms with Gasteiger partial charge in [0.15, 0.2) is 19.7 Å². The van der Waals surface area contributed by atoms with E-state index in [-0.39, 0.29) is 46.5 Å². The Balaban J connectivity index is 0.000000274. The number of hydrogen-bond donors (Lipinski definition) is 1. The lowest BCUT2D eigenvalue weighted by Crippen LogP contribution is -2.19. The lowest BCUT2D eigenvalue weighted by atomic mass is 10.1. The highest BCUT2D eigenvalue weighted by Crippen LogP contribution is 2.20. The maximum absolute atomic E-state index is 11.9. The summed E-state index contributed by atoms with van der Waals surface area (Å²) >= 11 is 5.74. The van der Waals surface area contributed by atoms with E-state index in [2.05, 4.69) is 21.4 Å². The van der Waals surface area contributed by atoms with Crippen LogP contribution >= 0.6 is 33.0 Å². The number of nitrogens with zero attached hydrogens (tertiary/aromatic N) is 2. The van der Waals surface area contributed by atoms with Gasteiger partial charge in [-0.15, -0.1) is 11.6 Å². The zero-order valence-electron chi connectivity index (χ0n) is 23.5. The van der Waals surface area contributed by atoms with Crippen LogP contribution in [0.2, 0.25) is 0 Å². The number of sulfone groups is 2. The first-order chi connectivity index (χ1) is 20.6. The van der Waals surface area contributed by atoms with Crippen LogP contribution in [0.15, 0.2) is 105 Å². The van der Waals surface area contributed by atoms with Crippen molar-refractivity contribution in [3.63, 3.8) is 0 Å². The number of aliphatic hydroxyl groups excluding tert-OH is 1. The molecular formula is C28H29Cl3N2O8S3. The summed E-state index contributed by atoms with van der Waals surface area (Å²) in [6.45, 7) is 0.159. The van der Waals surface area contributed by atoms with Crippen LogP contribution in [0.5, 0.6) is 0 Å². The SMILES string of the molecule is CS(=O)(=O)c1cc(CCl)ccc1Cn1ccccc1=O.CS(=O)(=O)c1cc(CO)ccc1Cn1ccccc1=O.O=S(Cl)Cl. The number of rotatable bonds is 8. The van der Waals surface area contributed by atoms with Gasteiger partial charge in [0.05, 0.1) is 29.5 Å². The average Bonchev–Trinajstić information content (AvgIpc) is 2.95. The second-order valence-corrected chi connectivity index (χ2v) is 16.0. The van der Waals surface area contributed by atoms with Crippen molar-refractivity contribution >= 4 is 61.9 Å². The summed E-state index contributed by atoms with van der Waals surface area (Å²) in [7, 11) is 0.559. The largest absolute Gasteiger partial charge is 0.392 e. The molecule has 4 rings (SSSR count). The number of halogens is 3. The number of pyridine rings is 2. The van der Waals surface area contributed by atoms with E-state index in [0.717, 1.165) is 18.1 Å². The van der Waals surface area contributed by atoms with E-state index in [4.69, 9.17) is 20.9 Å². The summed E-state index contributed by atoms with van der Waals surface area (Å²) in [6.07, 6.45) is 5.50. The lowest BCUT2D eigenvalue weighted by Gasteiger charge is -2.11. The Labute approximate surface area is 271 Å². The van der Waals surface area contributed by atoms with Crippen LogP contribution in [-0.4, -0.2) is 47.8 Å². The molecule has 0 fully saturated rings. The molecule has 0 saturated carbocycles. The summed E-state index contributed by atoms with van der Waals surface area (Å²) in [6, 6.07) is 19.3. The van der Waals surface area contributed by atoms with Crippen molar-refractivity contribution in [1.29, 1.82) is 0 Å². The lowest BCUT2D eigenvalue weighted by molar-refractivity contribution is 0.281. The summed E-state index contributed by atoms with van der Waals surface area (Å²) in [4.78, 5) is 23.7. The van der Waals surface area contributed by atoms with Crippen molar-refractivity contribution in [2.45, 2.75) is 35.4 Å². The van der Waals surface area contributed by atoms with Gasteiger partial charge in [-0.25, -0.2) is 21.0 Å². The molecule has 0 aliphatic heterocycles. The maximum atomic E-state index is 11.9. The number of benzene rings is 2. The molecule has 2 aromatic carbocycles. The van der Waals surface area contributed by atoms with E-state index in [1.165, 1.54) is 27.3 Å². The van der Waals surface area contributed by atoms with Gasteiger partial charge in [0.1, 0.15) is 0 Å². The molecule has 0 spiro atoms. The van der Waals surface area contributed by atoms with Gasteiger partial charge in [-0.3, -0.25) is 9.59 Å². The number of aliphatic hydroxyl groups is 1. The Kier molecular flexibility index (Phi) is 14.5. The van der Waals surface area contributed by atoms with Crippen molar-refractivity contribution in [3.05, 3.63) is 128 Å². The molecule has 16 heteroatoms. The van der Waals surface area contributed by atoms with E-state index < -0.39 is 28.9 Å². The van der Waals surface area contributed by atoms with Crippen LogP contribution in [0, 0.1) is 0 Å². The van der Waals surface area contributed by atoms with E-state index in [1.807, 2.05) is 0 Å². The Bertz CT molecular complexity index is 1800. The predicted molar refractivity (Wildman–Crippen MR) is 174 cm³/mol. The quantitative estimate of drug-likeness (QED) is 0.213. The second-order valence-electron chi connectivity index (χ2n) is 9.24. The van der Waals surface area contributed by atoms with Gasteiger partial charge in [0, 0.05) is 64.3 Å². The van der Waals surface area contributed by atoms with Crippen LogP contribution in [0.3, 0.4) is 0 Å². The average molecular weight is 724 g/mol. The third-order valence-corrected chi connectivity index (χ3v) is 8.54. The monoisotopic (exact) mass is 722 g/mol. The van der Waals surface area contributed by atoms with Crippen molar-refractivity contribution < 1.29 is 26.2 Å². The topological polar surface area (TPSA) is 150 Å². The standard InChI is InChI=1S/C14H14ClNO3S.C14H15NO4S.Cl2OS/c1-20(18,19)13-8-11(9-15)5-6-12(13)10-16-7-3-2-4-14(16)17;1-20(18,19)13-8-11(10-16)5-6-12(13)9-15-7-3-2-4-14(15)17;1-4(2)3/h2-8H,9-10H2,1H3;2-8,16H,9-10H2,1H3;. The van der Waals surface area contributed by atoms with Gasteiger partial charge >= 0.3 is 0 Å². The fourth-order valence-electron chi connectivity index (χ4n) is 3.88. The van der Waals surface area contributed by atoms with Gasteiger partial charge in [-0.05, 0) is 46.5 Å².